The number of hydrogen-bond acceptors (Lipinski definition) is 2. The van der Waals surface area contributed by atoms with Crippen LogP contribution in [0.3, 0.4) is 0 Å². The highest BCUT2D eigenvalue weighted by atomic mass is 35.5. The number of aliphatic hydroxyl groups is 1. The Morgan fingerprint density at radius 2 is 2.00 bits per heavy atom. The van der Waals surface area contributed by atoms with Gasteiger partial charge in [-0.2, -0.15) is 13.2 Å². The molecule has 0 amide bonds. The van der Waals surface area contributed by atoms with E-state index in [4.69, 9.17) is 11.6 Å². The molecule has 0 radical (unpaired) electrons. The smallest absolute Gasteiger partial charge is 0.389 e. The average Bonchev–Trinajstić information content (AvgIpc) is 2.28. The summed E-state index contributed by atoms with van der Waals surface area (Å²) in [6, 6.07) is 3.25. The maximum Gasteiger partial charge on any atom is 0.416 e. The highest BCUT2D eigenvalue weighted by molar-refractivity contribution is 6.31. The third kappa shape index (κ3) is 3.61. The zero-order valence-electron chi connectivity index (χ0n) is 10.2. The molecule has 1 saturated carbocycles. The van der Waals surface area contributed by atoms with Crippen LogP contribution in [0.1, 0.15) is 30.4 Å². The van der Waals surface area contributed by atoms with Crippen LogP contribution in [0.25, 0.3) is 0 Å². The van der Waals surface area contributed by atoms with Gasteiger partial charge in [0.05, 0.1) is 11.2 Å². The molecule has 0 aromatic heterocycles. The van der Waals surface area contributed by atoms with Gasteiger partial charge >= 0.3 is 6.18 Å². The second kappa shape index (κ2) is 5.31. The predicted molar refractivity (Wildman–Crippen MR) is 67.0 cm³/mol. The Hall–Kier alpha value is -0.780. The van der Waals surface area contributed by atoms with Gasteiger partial charge in [-0.05, 0) is 43.0 Å². The summed E-state index contributed by atoms with van der Waals surface area (Å²) in [6.45, 7) is 0.588. The van der Waals surface area contributed by atoms with E-state index in [2.05, 4.69) is 5.32 Å². The van der Waals surface area contributed by atoms with Crippen LogP contribution in [0.15, 0.2) is 18.2 Å². The molecule has 1 aromatic carbocycles. The molecule has 106 valence electrons. The van der Waals surface area contributed by atoms with Gasteiger partial charge < -0.3 is 10.4 Å². The van der Waals surface area contributed by atoms with Crippen LogP contribution in [-0.2, 0) is 12.7 Å². The van der Waals surface area contributed by atoms with Gasteiger partial charge in [0.15, 0.2) is 0 Å². The zero-order valence-corrected chi connectivity index (χ0v) is 11.0. The zero-order chi connectivity index (χ0) is 14.1. The van der Waals surface area contributed by atoms with E-state index in [1.54, 1.807) is 0 Å². The summed E-state index contributed by atoms with van der Waals surface area (Å²) in [4.78, 5) is 0. The maximum absolute atomic E-state index is 12.6. The molecule has 0 unspecified atom stereocenters. The Kier molecular flexibility index (Phi) is 4.08. The van der Waals surface area contributed by atoms with E-state index in [-0.39, 0.29) is 6.54 Å². The highest BCUT2D eigenvalue weighted by Crippen LogP contribution is 2.32. The van der Waals surface area contributed by atoms with E-state index in [0.717, 1.165) is 31.4 Å². The van der Waals surface area contributed by atoms with Crippen molar-refractivity contribution >= 4 is 11.6 Å². The molecule has 19 heavy (non-hydrogen) atoms. The van der Waals surface area contributed by atoms with Crippen molar-refractivity contribution in [3.8, 4) is 0 Å². The fraction of sp³-hybridized carbons (Fsp3) is 0.538. The van der Waals surface area contributed by atoms with Crippen molar-refractivity contribution < 1.29 is 18.3 Å². The quantitative estimate of drug-likeness (QED) is 0.892. The van der Waals surface area contributed by atoms with E-state index in [0.29, 0.717) is 17.1 Å². The normalized spacial score (nSPS) is 18.2. The van der Waals surface area contributed by atoms with Gasteiger partial charge in [-0.25, -0.2) is 0 Å². The van der Waals surface area contributed by atoms with Crippen LogP contribution in [-0.4, -0.2) is 17.3 Å². The number of alkyl halides is 3. The molecule has 2 nitrogen and oxygen atoms in total. The second-order valence-electron chi connectivity index (χ2n) is 4.99. The summed E-state index contributed by atoms with van der Waals surface area (Å²) in [5.41, 5.74) is -1.02. The van der Waals surface area contributed by atoms with Crippen molar-refractivity contribution in [1.29, 1.82) is 0 Å². The van der Waals surface area contributed by atoms with Gasteiger partial charge in [0.2, 0.25) is 0 Å². The lowest BCUT2D eigenvalue weighted by atomic mass is 9.80. The summed E-state index contributed by atoms with van der Waals surface area (Å²) in [5.74, 6) is 0. The van der Waals surface area contributed by atoms with Crippen molar-refractivity contribution in [3.63, 3.8) is 0 Å². The highest BCUT2D eigenvalue weighted by Gasteiger charge is 2.34. The van der Waals surface area contributed by atoms with E-state index >= 15 is 0 Å². The third-order valence-electron chi connectivity index (χ3n) is 3.43. The van der Waals surface area contributed by atoms with Crippen LogP contribution >= 0.6 is 11.6 Å². The lowest BCUT2D eigenvalue weighted by molar-refractivity contribution is -0.137. The van der Waals surface area contributed by atoms with Gasteiger partial charge in [-0.15, -0.1) is 0 Å². The first-order valence-corrected chi connectivity index (χ1v) is 6.47. The van der Waals surface area contributed by atoms with Crippen LogP contribution in [0.2, 0.25) is 5.02 Å². The molecule has 0 aliphatic heterocycles. The summed E-state index contributed by atoms with van der Waals surface area (Å²) in [7, 11) is 0. The summed E-state index contributed by atoms with van der Waals surface area (Å²) >= 11 is 5.87. The van der Waals surface area contributed by atoms with Crippen molar-refractivity contribution in [2.24, 2.45) is 0 Å². The lowest BCUT2D eigenvalue weighted by Crippen LogP contribution is -2.46. The standard InChI is InChI=1S/C13H15ClF3NO/c14-11-3-2-10(13(15,16)17)6-9(11)7-18-8-12(19)4-1-5-12/h2-3,6,18-19H,1,4-5,7-8H2. The maximum atomic E-state index is 12.6. The Labute approximate surface area is 114 Å². The van der Waals surface area contributed by atoms with Crippen molar-refractivity contribution in [1.82, 2.24) is 5.32 Å². The second-order valence-corrected chi connectivity index (χ2v) is 5.39. The van der Waals surface area contributed by atoms with Gasteiger partial charge in [-0.3, -0.25) is 0 Å². The first-order valence-electron chi connectivity index (χ1n) is 6.09. The fourth-order valence-electron chi connectivity index (χ4n) is 2.08. The average molecular weight is 294 g/mol. The molecule has 2 N–H and O–H groups in total. The number of rotatable bonds is 4. The Balaban J connectivity index is 1.99. The van der Waals surface area contributed by atoms with E-state index in [9.17, 15) is 18.3 Å². The molecule has 0 spiro atoms. The molecule has 0 atom stereocenters. The molecule has 0 heterocycles. The van der Waals surface area contributed by atoms with Crippen LogP contribution in [0.4, 0.5) is 13.2 Å². The number of hydrogen-bond donors (Lipinski definition) is 2. The van der Waals surface area contributed by atoms with E-state index in [1.807, 2.05) is 0 Å². The predicted octanol–water partition coefficient (Wildman–Crippen LogP) is 3.36. The first-order chi connectivity index (χ1) is 8.80. The Bertz CT molecular complexity index is 458. The topological polar surface area (TPSA) is 32.3 Å². The fourth-order valence-corrected chi connectivity index (χ4v) is 2.26. The van der Waals surface area contributed by atoms with E-state index in [1.165, 1.54) is 6.07 Å². The van der Waals surface area contributed by atoms with Crippen LogP contribution < -0.4 is 5.32 Å². The largest absolute Gasteiger partial charge is 0.416 e. The SMILES string of the molecule is OC1(CNCc2cc(C(F)(F)F)ccc2Cl)CCC1. The number of halogens is 4. The molecule has 1 aliphatic carbocycles. The van der Waals surface area contributed by atoms with Gasteiger partial charge in [0.25, 0.3) is 0 Å². The monoisotopic (exact) mass is 293 g/mol. The molecule has 6 heteroatoms. The molecular weight excluding hydrogens is 279 g/mol. The lowest BCUT2D eigenvalue weighted by Gasteiger charge is -2.36. The van der Waals surface area contributed by atoms with Crippen molar-refractivity contribution in [2.75, 3.05) is 6.54 Å². The molecule has 1 aromatic rings. The van der Waals surface area contributed by atoms with Crippen molar-refractivity contribution in [2.45, 2.75) is 37.6 Å². The molecule has 1 fully saturated rings. The number of benzene rings is 1. The summed E-state index contributed by atoms with van der Waals surface area (Å²) in [6.07, 6.45) is -1.92. The summed E-state index contributed by atoms with van der Waals surface area (Å²) in [5, 5.41) is 13.1. The Morgan fingerprint density at radius 1 is 1.32 bits per heavy atom. The first kappa shape index (κ1) is 14.6. The van der Waals surface area contributed by atoms with Gasteiger partial charge in [0, 0.05) is 18.1 Å². The van der Waals surface area contributed by atoms with Gasteiger partial charge in [-0.1, -0.05) is 11.6 Å². The summed E-state index contributed by atoms with van der Waals surface area (Å²) < 4.78 is 37.7. The molecule has 0 bridgehead atoms. The van der Waals surface area contributed by atoms with Crippen molar-refractivity contribution in [3.05, 3.63) is 34.3 Å². The minimum absolute atomic E-state index is 0.213. The van der Waals surface area contributed by atoms with Gasteiger partial charge in [0.1, 0.15) is 0 Å². The molecular formula is C13H15ClF3NO. The molecule has 0 saturated heterocycles. The van der Waals surface area contributed by atoms with E-state index < -0.39 is 17.3 Å². The number of nitrogens with one attached hydrogen (secondary N) is 1. The molecule has 2 rings (SSSR count). The molecule has 1 aliphatic rings. The van der Waals surface area contributed by atoms with Crippen LogP contribution in [0, 0.1) is 0 Å². The Morgan fingerprint density at radius 3 is 2.53 bits per heavy atom. The minimum atomic E-state index is -4.37. The minimum Gasteiger partial charge on any atom is -0.389 e. The van der Waals surface area contributed by atoms with Crippen LogP contribution in [0.5, 0.6) is 0 Å². The third-order valence-corrected chi connectivity index (χ3v) is 3.80.